The first-order valence-corrected chi connectivity index (χ1v) is 5.35. The van der Waals surface area contributed by atoms with Crippen LogP contribution in [0.4, 0.5) is 0 Å². The van der Waals surface area contributed by atoms with Gasteiger partial charge >= 0.3 is 0 Å². The number of β-amino-alcohol motifs (C(OH)–C–C–N with tert-alkyl or cyclic N) is 1. The Morgan fingerprint density at radius 1 is 1.60 bits per heavy atom. The Hall–Kier alpha value is -0.870. The van der Waals surface area contributed by atoms with E-state index in [4.69, 9.17) is 5.11 Å². The number of amides is 1. The average Bonchev–Trinajstić information content (AvgIpc) is 2.11. The Kier molecular flexibility index (Phi) is 4.29. The highest BCUT2D eigenvalue weighted by molar-refractivity contribution is 5.78. The maximum Gasteiger partial charge on any atom is 0.237 e. The first-order chi connectivity index (χ1) is 7.02. The van der Waals surface area contributed by atoms with E-state index in [1.165, 1.54) is 0 Å². The molecule has 0 aliphatic carbocycles. The fourth-order valence-electron chi connectivity index (χ4n) is 1.67. The van der Waals surface area contributed by atoms with Crippen LogP contribution in [0.25, 0.3) is 0 Å². The second-order valence-electron chi connectivity index (χ2n) is 4.21. The van der Waals surface area contributed by atoms with Gasteiger partial charge in [0.05, 0.1) is 12.6 Å². The Labute approximate surface area is 91.2 Å². The highest BCUT2D eigenvalue weighted by Crippen LogP contribution is 2.07. The lowest BCUT2D eigenvalue weighted by atomic mass is 10.1. The molecule has 0 radical (unpaired) electrons. The second kappa shape index (κ2) is 5.28. The summed E-state index contributed by atoms with van der Waals surface area (Å²) < 4.78 is 0. The van der Waals surface area contributed by atoms with Gasteiger partial charge in [-0.1, -0.05) is 12.2 Å². The summed E-state index contributed by atoms with van der Waals surface area (Å²) in [5.41, 5.74) is 0.994. The fourth-order valence-corrected chi connectivity index (χ4v) is 1.67. The van der Waals surface area contributed by atoms with E-state index in [0.29, 0.717) is 32.7 Å². The fraction of sp³-hybridized carbons (Fsp3) is 0.727. The molecule has 1 saturated heterocycles. The number of hydrogen-bond donors (Lipinski definition) is 1. The number of likely N-dealkylation sites (N-methyl/N-ethyl adjacent to an activating group) is 1. The van der Waals surface area contributed by atoms with E-state index >= 15 is 0 Å². The third-order valence-corrected chi connectivity index (χ3v) is 2.49. The molecule has 0 aromatic heterocycles. The lowest BCUT2D eigenvalue weighted by Crippen LogP contribution is -2.54. The van der Waals surface area contributed by atoms with E-state index in [2.05, 4.69) is 6.58 Å². The third kappa shape index (κ3) is 3.64. The molecule has 0 aromatic rings. The monoisotopic (exact) mass is 212 g/mol. The molecule has 1 heterocycles. The molecule has 0 spiro atoms. The summed E-state index contributed by atoms with van der Waals surface area (Å²) in [4.78, 5) is 15.5. The largest absolute Gasteiger partial charge is 0.390 e. The van der Waals surface area contributed by atoms with Gasteiger partial charge in [0, 0.05) is 26.2 Å². The van der Waals surface area contributed by atoms with Crippen molar-refractivity contribution in [3.8, 4) is 0 Å². The van der Waals surface area contributed by atoms with Crippen LogP contribution in [-0.4, -0.2) is 59.6 Å². The Morgan fingerprint density at radius 2 is 2.20 bits per heavy atom. The first-order valence-electron chi connectivity index (χ1n) is 5.35. The molecule has 15 heavy (non-hydrogen) atoms. The molecule has 1 aliphatic rings. The smallest absolute Gasteiger partial charge is 0.237 e. The number of likely N-dealkylation sites (tertiary alicyclic amines) is 1. The second-order valence-corrected chi connectivity index (χ2v) is 4.21. The van der Waals surface area contributed by atoms with E-state index < -0.39 is 0 Å². The molecule has 1 rings (SSSR count). The Morgan fingerprint density at radius 3 is 2.60 bits per heavy atom. The summed E-state index contributed by atoms with van der Waals surface area (Å²) in [7, 11) is 0. The molecule has 0 unspecified atom stereocenters. The zero-order valence-corrected chi connectivity index (χ0v) is 9.57. The lowest BCUT2D eigenvalue weighted by molar-refractivity contribution is -0.134. The van der Waals surface area contributed by atoms with E-state index in [9.17, 15) is 4.79 Å². The van der Waals surface area contributed by atoms with Crippen LogP contribution in [0.3, 0.4) is 0 Å². The number of carbonyl (C=O) groups excluding carboxylic acids is 1. The summed E-state index contributed by atoms with van der Waals surface area (Å²) in [6, 6.07) is 0. The summed E-state index contributed by atoms with van der Waals surface area (Å²) in [6.45, 7) is 10.7. The maximum atomic E-state index is 11.8. The van der Waals surface area contributed by atoms with Crippen molar-refractivity contribution >= 4 is 5.91 Å². The minimum Gasteiger partial charge on any atom is -0.390 e. The van der Waals surface area contributed by atoms with Crippen LogP contribution < -0.4 is 0 Å². The summed E-state index contributed by atoms with van der Waals surface area (Å²) >= 11 is 0. The lowest BCUT2D eigenvalue weighted by Gasteiger charge is -2.36. The topological polar surface area (TPSA) is 43.8 Å². The molecule has 4 nitrogen and oxygen atoms in total. The number of nitrogens with zero attached hydrogens (tertiary/aromatic N) is 2. The van der Waals surface area contributed by atoms with Gasteiger partial charge in [0.2, 0.25) is 5.91 Å². The molecule has 86 valence electrons. The quantitative estimate of drug-likeness (QED) is 0.657. The zero-order valence-electron chi connectivity index (χ0n) is 9.57. The van der Waals surface area contributed by atoms with Crippen LogP contribution in [0.2, 0.25) is 0 Å². The number of hydrogen-bond acceptors (Lipinski definition) is 3. The Bertz CT molecular complexity index is 247. The summed E-state index contributed by atoms with van der Waals surface area (Å²) in [5, 5.41) is 9.09. The third-order valence-electron chi connectivity index (χ3n) is 2.49. The van der Waals surface area contributed by atoms with Crippen molar-refractivity contribution in [2.45, 2.75) is 20.0 Å². The van der Waals surface area contributed by atoms with Crippen molar-refractivity contribution in [2.24, 2.45) is 0 Å². The van der Waals surface area contributed by atoms with Crippen molar-refractivity contribution in [2.75, 3.05) is 32.7 Å². The molecular weight excluding hydrogens is 192 g/mol. The van der Waals surface area contributed by atoms with Gasteiger partial charge in [-0.25, -0.2) is 0 Å². The van der Waals surface area contributed by atoms with Gasteiger partial charge in [0.25, 0.3) is 0 Å². The van der Waals surface area contributed by atoms with Crippen LogP contribution in [0.5, 0.6) is 0 Å². The summed E-state index contributed by atoms with van der Waals surface area (Å²) in [5.74, 6) is 0.118. The SMILES string of the molecule is C=C(C)CN(CC)C(=O)CN1CC(O)C1. The van der Waals surface area contributed by atoms with Gasteiger partial charge in [-0.3, -0.25) is 9.69 Å². The van der Waals surface area contributed by atoms with Gasteiger partial charge in [0.15, 0.2) is 0 Å². The molecule has 1 N–H and O–H groups in total. The van der Waals surface area contributed by atoms with Gasteiger partial charge in [0.1, 0.15) is 0 Å². The molecular formula is C11H20N2O2. The van der Waals surface area contributed by atoms with E-state index in [-0.39, 0.29) is 12.0 Å². The standard InChI is InChI=1S/C11H20N2O2/c1-4-13(5-9(2)3)11(15)8-12-6-10(14)7-12/h10,14H,2,4-8H2,1,3H3. The van der Waals surface area contributed by atoms with E-state index in [0.717, 1.165) is 5.57 Å². The molecule has 1 fully saturated rings. The molecule has 0 bridgehead atoms. The van der Waals surface area contributed by atoms with Crippen molar-refractivity contribution < 1.29 is 9.90 Å². The van der Waals surface area contributed by atoms with Crippen molar-refractivity contribution in [3.05, 3.63) is 12.2 Å². The zero-order chi connectivity index (χ0) is 11.4. The highest BCUT2D eigenvalue weighted by Gasteiger charge is 2.27. The van der Waals surface area contributed by atoms with Crippen LogP contribution in [0.1, 0.15) is 13.8 Å². The normalized spacial score (nSPS) is 17.3. The van der Waals surface area contributed by atoms with Gasteiger partial charge in [-0.05, 0) is 13.8 Å². The predicted molar refractivity (Wildman–Crippen MR) is 59.5 cm³/mol. The van der Waals surface area contributed by atoms with Crippen LogP contribution in [-0.2, 0) is 4.79 Å². The number of carbonyl (C=O) groups is 1. The van der Waals surface area contributed by atoms with Gasteiger partial charge in [-0.15, -0.1) is 0 Å². The summed E-state index contributed by atoms with van der Waals surface area (Å²) in [6.07, 6.45) is -0.242. The van der Waals surface area contributed by atoms with Crippen LogP contribution in [0, 0.1) is 0 Å². The number of rotatable bonds is 5. The number of aliphatic hydroxyl groups is 1. The minimum absolute atomic E-state index is 0.118. The van der Waals surface area contributed by atoms with E-state index in [1.54, 1.807) is 4.90 Å². The van der Waals surface area contributed by atoms with Gasteiger partial charge in [-0.2, -0.15) is 0 Å². The maximum absolute atomic E-state index is 11.8. The van der Waals surface area contributed by atoms with Crippen molar-refractivity contribution in [3.63, 3.8) is 0 Å². The molecule has 0 aromatic carbocycles. The van der Waals surface area contributed by atoms with Gasteiger partial charge < -0.3 is 10.0 Å². The number of aliphatic hydroxyl groups excluding tert-OH is 1. The molecule has 0 saturated carbocycles. The minimum atomic E-state index is -0.242. The Balaban J connectivity index is 2.33. The van der Waals surface area contributed by atoms with Crippen LogP contribution in [0.15, 0.2) is 12.2 Å². The predicted octanol–water partition coefficient (Wildman–Crippen LogP) is 0.0875. The van der Waals surface area contributed by atoms with Crippen LogP contribution >= 0.6 is 0 Å². The molecule has 1 amide bonds. The highest BCUT2D eigenvalue weighted by atomic mass is 16.3. The average molecular weight is 212 g/mol. The molecule has 1 aliphatic heterocycles. The van der Waals surface area contributed by atoms with E-state index in [1.807, 2.05) is 18.7 Å². The molecule has 4 heteroatoms. The van der Waals surface area contributed by atoms with Crippen molar-refractivity contribution in [1.82, 2.24) is 9.80 Å². The van der Waals surface area contributed by atoms with Crippen molar-refractivity contribution in [1.29, 1.82) is 0 Å². The first kappa shape index (κ1) is 12.2. The molecule has 0 atom stereocenters.